The Morgan fingerprint density at radius 2 is 1.94 bits per heavy atom. The highest BCUT2D eigenvalue weighted by molar-refractivity contribution is 9.10. The zero-order valence-corrected chi connectivity index (χ0v) is 10.9. The van der Waals surface area contributed by atoms with Crippen molar-refractivity contribution in [1.29, 1.82) is 0 Å². The molecule has 4 nitrogen and oxygen atoms in total. The van der Waals surface area contributed by atoms with Crippen molar-refractivity contribution in [3.63, 3.8) is 0 Å². The van der Waals surface area contributed by atoms with Gasteiger partial charge < -0.3 is 5.32 Å². The van der Waals surface area contributed by atoms with Gasteiger partial charge in [0.2, 0.25) is 0 Å². The van der Waals surface area contributed by atoms with Crippen molar-refractivity contribution in [2.24, 2.45) is 0 Å². The third-order valence-corrected chi connectivity index (χ3v) is 2.89. The van der Waals surface area contributed by atoms with Gasteiger partial charge in [0.25, 0.3) is 0 Å². The number of nitrogens with zero attached hydrogens (tertiary/aromatic N) is 2. The number of carbonyl (C=O) groups is 1. The van der Waals surface area contributed by atoms with Crippen LogP contribution in [0.1, 0.15) is 10.4 Å². The van der Waals surface area contributed by atoms with Crippen molar-refractivity contribution in [3.8, 4) is 0 Å². The maximum absolute atomic E-state index is 10.9. The van der Waals surface area contributed by atoms with Gasteiger partial charge in [0.15, 0.2) is 6.29 Å². The van der Waals surface area contributed by atoms with Gasteiger partial charge in [-0.3, -0.25) is 4.79 Å². The van der Waals surface area contributed by atoms with Crippen molar-refractivity contribution in [2.45, 2.75) is 0 Å². The van der Waals surface area contributed by atoms with Gasteiger partial charge in [-0.05, 0) is 24.3 Å². The first-order valence-electron chi connectivity index (χ1n) is 4.69. The first-order valence-corrected chi connectivity index (χ1v) is 5.86. The second kappa shape index (κ2) is 5.25. The Morgan fingerprint density at radius 1 is 1.24 bits per heavy atom. The second-order valence-corrected chi connectivity index (χ2v) is 4.45. The highest BCUT2D eigenvalue weighted by Crippen LogP contribution is 2.22. The summed E-state index contributed by atoms with van der Waals surface area (Å²) in [4.78, 5) is 18.6. The Labute approximate surface area is 111 Å². The Hall–Kier alpha value is -1.46. The van der Waals surface area contributed by atoms with Gasteiger partial charge in [0.05, 0.1) is 5.56 Å². The van der Waals surface area contributed by atoms with E-state index in [1.807, 2.05) is 24.3 Å². The highest BCUT2D eigenvalue weighted by atomic mass is 79.9. The first-order chi connectivity index (χ1) is 8.20. The number of halogens is 2. The van der Waals surface area contributed by atoms with Crippen LogP contribution >= 0.6 is 27.5 Å². The highest BCUT2D eigenvalue weighted by Gasteiger charge is 2.08. The van der Waals surface area contributed by atoms with Crippen LogP contribution in [0.2, 0.25) is 5.15 Å². The molecule has 0 radical (unpaired) electrons. The van der Waals surface area contributed by atoms with Gasteiger partial charge in [-0.2, -0.15) is 0 Å². The van der Waals surface area contributed by atoms with Crippen molar-refractivity contribution < 1.29 is 4.79 Å². The first kappa shape index (κ1) is 12.0. The fourth-order valence-corrected chi connectivity index (χ4v) is 1.69. The molecule has 1 aromatic carbocycles. The maximum atomic E-state index is 10.9. The molecular formula is C11H7BrClN3O. The van der Waals surface area contributed by atoms with Crippen LogP contribution in [-0.2, 0) is 0 Å². The zero-order valence-electron chi connectivity index (χ0n) is 8.52. The van der Waals surface area contributed by atoms with Crippen molar-refractivity contribution >= 4 is 45.3 Å². The van der Waals surface area contributed by atoms with Gasteiger partial charge in [0.1, 0.15) is 17.3 Å². The molecule has 2 aromatic rings. The number of carbonyl (C=O) groups excluding carboxylic acids is 1. The SMILES string of the molecule is O=Cc1c(Cl)ncnc1Nc1ccc(Br)cc1. The number of aldehydes is 1. The predicted molar refractivity (Wildman–Crippen MR) is 69.9 cm³/mol. The molecule has 0 atom stereocenters. The lowest BCUT2D eigenvalue weighted by atomic mass is 10.3. The number of hydrogen-bond acceptors (Lipinski definition) is 4. The molecule has 1 N–H and O–H groups in total. The summed E-state index contributed by atoms with van der Waals surface area (Å²) in [6.45, 7) is 0. The minimum atomic E-state index is 0.134. The number of benzene rings is 1. The van der Waals surface area contributed by atoms with Crippen molar-refractivity contribution in [2.75, 3.05) is 5.32 Å². The molecule has 0 unspecified atom stereocenters. The van der Waals surface area contributed by atoms with E-state index < -0.39 is 0 Å². The average molecular weight is 313 g/mol. The van der Waals surface area contributed by atoms with Crippen LogP contribution in [-0.4, -0.2) is 16.3 Å². The zero-order chi connectivity index (χ0) is 12.3. The summed E-state index contributed by atoms with van der Waals surface area (Å²) in [5.41, 5.74) is 1.06. The molecule has 0 saturated carbocycles. The van der Waals surface area contributed by atoms with Gasteiger partial charge in [-0.25, -0.2) is 9.97 Å². The van der Waals surface area contributed by atoms with Gasteiger partial charge >= 0.3 is 0 Å². The summed E-state index contributed by atoms with van der Waals surface area (Å²) in [6, 6.07) is 7.47. The lowest BCUT2D eigenvalue weighted by Crippen LogP contribution is -2.00. The minimum absolute atomic E-state index is 0.134. The topological polar surface area (TPSA) is 54.9 Å². The molecule has 17 heavy (non-hydrogen) atoms. The monoisotopic (exact) mass is 311 g/mol. The molecule has 86 valence electrons. The molecule has 0 fully saturated rings. The van der Waals surface area contributed by atoms with Gasteiger partial charge in [0, 0.05) is 10.2 Å². The molecule has 0 aliphatic carbocycles. The molecule has 0 bridgehead atoms. The van der Waals surface area contributed by atoms with Crippen LogP contribution in [0.5, 0.6) is 0 Å². The molecule has 1 heterocycles. The van der Waals surface area contributed by atoms with E-state index in [9.17, 15) is 4.79 Å². The van der Waals surface area contributed by atoms with Crippen LogP contribution in [0.15, 0.2) is 35.1 Å². The number of nitrogens with one attached hydrogen (secondary N) is 1. The van der Waals surface area contributed by atoms with E-state index in [0.717, 1.165) is 10.2 Å². The smallest absolute Gasteiger partial charge is 0.156 e. The quantitative estimate of drug-likeness (QED) is 0.696. The molecule has 1 aromatic heterocycles. The Bertz CT molecular complexity index is 545. The summed E-state index contributed by atoms with van der Waals surface area (Å²) in [5.74, 6) is 0.391. The van der Waals surface area contributed by atoms with E-state index in [2.05, 4.69) is 31.2 Å². The molecule has 6 heteroatoms. The van der Waals surface area contributed by atoms with Crippen molar-refractivity contribution in [3.05, 3.63) is 45.8 Å². The van der Waals surface area contributed by atoms with E-state index in [1.54, 1.807) is 0 Å². The lowest BCUT2D eigenvalue weighted by Gasteiger charge is -2.07. The molecular weight excluding hydrogens is 305 g/mol. The number of anilines is 2. The van der Waals surface area contributed by atoms with E-state index in [1.165, 1.54) is 6.33 Å². The summed E-state index contributed by atoms with van der Waals surface area (Å²) in [6.07, 6.45) is 1.93. The lowest BCUT2D eigenvalue weighted by molar-refractivity contribution is 0.112. The molecule has 0 spiro atoms. The molecule has 0 aliphatic rings. The third kappa shape index (κ3) is 2.81. The number of aromatic nitrogens is 2. The normalized spacial score (nSPS) is 10.0. The third-order valence-electron chi connectivity index (χ3n) is 2.06. The van der Waals surface area contributed by atoms with Gasteiger partial charge in [-0.1, -0.05) is 27.5 Å². The average Bonchev–Trinajstić information content (AvgIpc) is 2.32. The standard InChI is InChI=1S/C11H7BrClN3O/c12-7-1-3-8(4-2-7)16-11-9(5-17)10(13)14-6-15-11/h1-6H,(H,14,15,16). The van der Waals surface area contributed by atoms with E-state index in [4.69, 9.17) is 11.6 Å². The van der Waals surface area contributed by atoms with Gasteiger partial charge in [-0.15, -0.1) is 0 Å². The summed E-state index contributed by atoms with van der Waals surface area (Å²) >= 11 is 9.13. The molecule has 2 rings (SSSR count). The van der Waals surface area contributed by atoms with Crippen LogP contribution in [0.3, 0.4) is 0 Å². The summed E-state index contributed by atoms with van der Waals surface area (Å²) < 4.78 is 0.972. The minimum Gasteiger partial charge on any atom is -0.339 e. The Balaban J connectivity index is 2.33. The van der Waals surface area contributed by atoms with E-state index in [-0.39, 0.29) is 10.7 Å². The molecule has 0 saturated heterocycles. The number of rotatable bonds is 3. The fraction of sp³-hybridized carbons (Fsp3) is 0. The largest absolute Gasteiger partial charge is 0.339 e. The summed E-state index contributed by atoms with van der Waals surface area (Å²) in [5, 5.41) is 3.14. The van der Waals surface area contributed by atoms with E-state index >= 15 is 0 Å². The van der Waals surface area contributed by atoms with Crippen LogP contribution in [0.25, 0.3) is 0 Å². The molecule has 0 aliphatic heterocycles. The number of hydrogen-bond donors (Lipinski definition) is 1. The summed E-state index contributed by atoms with van der Waals surface area (Å²) in [7, 11) is 0. The Kier molecular flexibility index (Phi) is 3.71. The van der Waals surface area contributed by atoms with E-state index in [0.29, 0.717) is 12.1 Å². The molecule has 0 amide bonds. The maximum Gasteiger partial charge on any atom is 0.156 e. The fourth-order valence-electron chi connectivity index (χ4n) is 1.25. The van der Waals surface area contributed by atoms with Crippen LogP contribution in [0, 0.1) is 0 Å². The predicted octanol–water partition coefficient (Wildman–Crippen LogP) is 3.45. The van der Waals surface area contributed by atoms with Crippen LogP contribution < -0.4 is 5.32 Å². The Morgan fingerprint density at radius 3 is 2.59 bits per heavy atom. The second-order valence-electron chi connectivity index (χ2n) is 3.18. The van der Waals surface area contributed by atoms with Crippen LogP contribution in [0.4, 0.5) is 11.5 Å². The van der Waals surface area contributed by atoms with Crippen molar-refractivity contribution in [1.82, 2.24) is 9.97 Å².